The number of rotatable bonds is 2. The number of aromatic nitrogens is 2. The second kappa shape index (κ2) is 4.98. The molecule has 0 unspecified atom stereocenters. The van der Waals surface area contributed by atoms with Crippen molar-refractivity contribution in [2.45, 2.75) is 20.3 Å². The van der Waals surface area contributed by atoms with Crippen molar-refractivity contribution in [1.29, 1.82) is 0 Å². The lowest BCUT2D eigenvalue weighted by molar-refractivity contribution is 0.918. The molecule has 2 rings (SSSR count). The molecule has 88 valence electrons. The van der Waals surface area contributed by atoms with Crippen molar-refractivity contribution < 1.29 is 0 Å². The number of nitrogens with zero attached hydrogens (tertiary/aromatic N) is 1. The van der Waals surface area contributed by atoms with Crippen LogP contribution in [0.2, 0.25) is 5.02 Å². The van der Waals surface area contributed by atoms with E-state index in [1.165, 1.54) is 0 Å². The number of hydrogen-bond donors (Lipinski definition) is 1. The molecule has 0 radical (unpaired) electrons. The van der Waals surface area contributed by atoms with Crippen molar-refractivity contribution in [3.05, 3.63) is 56.6 Å². The van der Waals surface area contributed by atoms with Crippen LogP contribution >= 0.6 is 23.8 Å². The van der Waals surface area contributed by atoms with Gasteiger partial charge < -0.3 is 4.98 Å². The number of H-pyrrole nitrogens is 1. The number of aryl methyl sites for hydroxylation is 1. The predicted molar refractivity (Wildman–Crippen MR) is 73.2 cm³/mol. The van der Waals surface area contributed by atoms with Gasteiger partial charge in [0, 0.05) is 22.7 Å². The minimum absolute atomic E-state index is 0.665. The van der Waals surface area contributed by atoms with Crippen LogP contribution in [0.5, 0.6) is 0 Å². The molecule has 2 aromatic rings. The maximum atomic E-state index is 5.95. The van der Waals surface area contributed by atoms with E-state index in [1.807, 2.05) is 38.1 Å². The summed E-state index contributed by atoms with van der Waals surface area (Å²) in [5.74, 6) is 0.875. The van der Waals surface area contributed by atoms with Crippen LogP contribution in [0, 0.1) is 18.5 Å². The average molecular weight is 265 g/mol. The second-order valence-electron chi connectivity index (χ2n) is 4.05. The molecule has 0 aliphatic rings. The summed E-state index contributed by atoms with van der Waals surface area (Å²) in [6.07, 6.45) is 0.714. The molecular formula is C13H13ClN2S. The molecule has 0 atom stereocenters. The molecule has 0 amide bonds. The molecule has 0 aliphatic heterocycles. The van der Waals surface area contributed by atoms with Crippen molar-refractivity contribution in [2.24, 2.45) is 0 Å². The highest BCUT2D eigenvalue weighted by atomic mass is 35.5. The zero-order valence-electron chi connectivity index (χ0n) is 9.75. The van der Waals surface area contributed by atoms with Gasteiger partial charge in [0.1, 0.15) is 10.5 Å². The van der Waals surface area contributed by atoms with Crippen molar-refractivity contribution in [3.63, 3.8) is 0 Å². The Kier molecular flexibility index (Phi) is 3.60. The van der Waals surface area contributed by atoms with Gasteiger partial charge in [-0.1, -0.05) is 36.0 Å². The quantitative estimate of drug-likeness (QED) is 0.831. The second-order valence-corrected chi connectivity index (χ2v) is 4.87. The van der Waals surface area contributed by atoms with Crippen molar-refractivity contribution in [2.75, 3.05) is 0 Å². The molecule has 1 N–H and O–H groups in total. The summed E-state index contributed by atoms with van der Waals surface area (Å²) in [6.45, 7) is 3.98. The highest BCUT2D eigenvalue weighted by Gasteiger charge is 2.03. The molecule has 1 aromatic carbocycles. The van der Waals surface area contributed by atoms with Gasteiger partial charge in [0.05, 0.1) is 0 Å². The van der Waals surface area contributed by atoms with E-state index in [4.69, 9.17) is 23.8 Å². The standard InChI is InChI=1S/C13H13ClN2S/c1-8-9(2)15-12(16-13(8)17)7-10-4-3-5-11(14)6-10/h3-6H,7H2,1-2H3,(H,15,16,17). The van der Waals surface area contributed by atoms with E-state index >= 15 is 0 Å². The van der Waals surface area contributed by atoms with E-state index in [0.29, 0.717) is 11.1 Å². The lowest BCUT2D eigenvalue weighted by Crippen LogP contribution is -2.01. The Morgan fingerprint density at radius 2 is 2.12 bits per heavy atom. The van der Waals surface area contributed by atoms with Crippen LogP contribution in [0.15, 0.2) is 24.3 Å². The summed E-state index contributed by atoms with van der Waals surface area (Å²) in [5.41, 5.74) is 3.23. The number of hydrogen-bond acceptors (Lipinski definition) is 2. The predicted octanol–water partition coefficient (Wildman–Crippen LogP) is 4.00. The smallest absolute Gasteiger partial charge is 0.132 e. The van der Waals surface area contributed by atoms with Gasteiger partial charge in [-0.3, -0.25) is 0 Å². The van der Waals surface area contributed by atoms with Crippen molar-refractivity contribution in [3.8, 4) is 0 Å². The first-order valence-corrected chi connectivity index (χ1v) is 6.16. The van der Waals surface area contributed by atoms with Crippen molar-refractivity contribution >= 4 is 23.8 Å². The van der Waals surface area contributed by atoms with Gasteiger partial charge >= 0.3 is 0 Å². The summed E-state index contributed by atoms with van der Waals surface area (Å²) in [4.78, 5) is 7.64. The van der Waals surface area contributed by atoms with Crippen LogP contribution in [0.4, 0.5) is 0 Å². The van der Waals surface area contributed by atoms with E-state index < -0.39 is 0 Å². The maximum absolute atomic E-state index is 5.95. The third kappa shape index (κ3) is 2.93. The minimum atomic E-state index is 0.665. The zero-order valence-corrected chi connectivity index (χ0v) is 11.3. The Morgan fingerprint density at radius 3 is 2.76 bits per heavy atom. The monoisotopic (exact) mass is 264 g/mol. The Labute approximate surface area is 111 Å². The molecule has 0 saturated heterocycles. The van der Waals surface area contributed by atoms with Gasteiger partial charge in [-0.2, -0.15) is 0 Å². The SMILES string of the molecule is Cc1[nH]c(Cc2cccc(Cl)c2)nc(=S)c1C. The van der Waals surface area contributed by atoms with Crippen molar-refractivity contribution in [1.82, 2.24) is 9.97 Å². The van der Waals surface area contributed by atoms with Gasteiger partial charge in [-0.05, 0) is 31.5 Å². The Bertz CT molecular complexity index is 605. The minimum Gasteiger partial charge on any atom is -0.347 e. The Morgan fingerprint density at radius 1 is 1.35 bits per heavy atom. The molecular weight excluding hydrogens is 252 g/mol. The van der Waals surface area contributed by atoms with Crippen LogP contribution in [0.1, 0.15) is 22.6 Å². The van der Waals surface area contributed by atoms with Crippen LogP contribution < -0.4 is 0 Å². The van der Waals surface area contributed by atoms with E-state index in [-0.39, 0.29) is 0 Å². The normalized spacial score (nSPS) is 10.5. The topological polar surface area (TPSA) is 28.7 Å². The lowest BCUT2D eigenvalue weighted by atomic mass is 10.1. The number of aromatic amines is 1. The molecule has 17 heavy (non-hydrogen) atoms. The van der Waals surface area contributed by atoms with Gasteiger partial charge in [0.15, 0.2) is 0 Å². The van der Waals surface area contributed by atoms with E-state index in [0.717, 1.165) is 27.7 Å². The van der Waals surface area contributed by atoms with Gasteiger partial charge in [0.2, 0.25) is 0 Å². The molecule has 0 bridgehead atoms. The summed E-state index contributed by atoms with van der Waals surface area (Å²) < 4.78 is 0.665. The van der Waals surface area contributed by atoms with Crippen LogP contribution in [-0.4, -0.2) is 9.97 Å². The van der Waals surface area contributed by atoms with Crippen LogP contribution in [0.25, 0.3) is 0 Å². The number of halogens is 1. The Balaban J connectivity index is 2.34. The first kappa shape index (κ1) is 12.3. The zero-order chi connectivity index (χ0) is 12.4. The summed E-state index contributed by atoms with van der Waals surface area (Å²) >= 11 is 11.2. The van der Waals surface area contributed by atoms with E-state index in [1.54, 1.807) is 0 Å². The van der Waals surface area contributed by atoms with Gasteiger partial charge in [0.25, 0.3) is 0 Å². The summed E-state index contributed by atoms with van der Waals surface area (Å²) in [6, 6.07) is 7.77. The van der Waals surface area contributed by atoms with E-state index in [2.05, 4.69) is 9.97 Å². The molecule has 2 nitrogen and oxygen atoms in total. The molecule has 1 aromatic heterocycles. The highest BCUT2D eigenvalue weighted by molar-refractivity contribution is 7.71. The molecule has 0 spiro atoms. The molecule has 4 heteroatoms. The Hall–Kier alpha value is -1.19. The molecule has 0 fully saturated rings. The average Bonchev–Trinajstić information content (AvgIpc) is 2.26. The van der Waals surface area contributed by atoms with Crippen LogP contribution in [-0.2, 0) is 6.42 Å². The third-order valence-corrected chi connectivity index (χ3v) is 3.34. The third-order valence-electron chi connectivity index (χ3n) is 2.71. The van der Waals surface area contributed by atoms with Gasteiger partial charge in [-0.25, -0.2) is 4.98 Å². The fourth-order valence-corrected chi connectivity index (χ4v) is 2.11. The fraction of sp³-hybridized carbons (Fsp3) is 0.231. The number of nitrogens with one attached hydrogen (secondary N) is 1. The highest BCUT2D eigenvalue weighted by Crippen LogP contribution is 2.14. The summed E-state index contributed by atoms with van der Waals surface area (Å²) in [5, 5.41) is 0.741. The largest absolute Gasteiger partial charge is 0.347 e. The molecule has 0 saturated carbocycles. The van der Waals surface area contributed by atoms with Gasteiger partial charge in [-0.15, -0.1) is 0 Å². The number of benzene rings is 1. The fourth-order valence-electron chi connectivity index (χ4n) is 1.63. The first-order valence-electron chi connectivity index (χ1n) is 5.37. The lowest BCUT2D eigenvalue weighted by Gasteiger charge is -2.06. The van der Waals surface area contributed by atoms with E-state index in [9.17, 15) is 0 Å². The summed E-state index contributed by atoms with van der Waals surface area (Å²) in [7, 11) is 0. The van der Waals surface area contributed by atoms with Crippen LogP contribution in [0.3, 0.4) is 0 Å². The maximum Gasteiger partial charge on any atom is 0.132 e. The molecule has 0 aliphatic carbocycles. The molecule has 1 heterocycles. The first-order chi connectivity index (χ1) is 8.06.